The highest BCUT2D eigenvalue weighted by molar-refractivity contribution is 7.98. The molecule has 2 aromatic carbocycles. The average Bonchev–Trinajstić information content (AvgIpc) is 3.10. The standard InChI is InChI=1S/C17H17N5O2S/c1-24-14-7-3-5-12(9-14)17-19-21-22(20-17)11-16(23)18-13-6-4-8-15(10-13)25-2/h3-10H,11H2,1-2H3,(H,18,23). The second-order valence-corrected chi connectivity index (χ2v) is 6.04. The van der Waals surface area contributed by atoms with E-state index in [-0.39, 0.29) is 12.5 Å². The number of nitrogens with one attached hydrogen (secondary N) is 1. The molecule has 0 bridgehead atoms. The maximum Gasteiger partial charge on any atom is 0.248 e. The van der Waals surface area contributed by atoms with Gasteiger partial charge in [-0.2, -0.15) is 4.80 Å². The Bertz CT molecular complexity index is 881. The number of methoxy groups -OCH3 is 1. The van der Waals surface area contributed by atoms with Gasteiger partial charge in [-0.15, -0.1) is 22.0 Å². The van der Waals surface area contributed by atoms with Gasteiger partial charge in [0.25, 0.3) is 0 Å². The highest BCUT2D eigenvalue weighted by Gasteiger charge is 2.10. The highest BCUT2D eigenvalue weighted by atomic mass is 32.2. The van der Waals surface area contributed by atoms with Crippen LogP contribution < -0.4 is 10.1 Å². The second-order valence-electron chi connectivity index (χ2n) is 5.16. The lowest BCUT2D eigenvalue weighted by Crippen LogP contribution is -2.20. The summed E-state index contributed by atoms with van der Waals surface area (Å²) in [5.41, 5.74) is 1.52. The Morgan fingerprint density at radius 3 is 2.88 bits per heavy atom. The van der Waals surface area contributed by atoms with Gasteiger partial charge >= 0.3 is 0 Å². The molecular formula is C17H17N5O2S. The van der Waals surface area contributed by atoms with Gasteiger partial charge in [0.05, 0.1) is 7.11 Å². The molecule has 0 saturated heterocycles. The molecule has 1 heterocycles. The number of anilines is 1. The first-order valence-corrected chi connectivity index (χ1v) is 8.76. The lowest BCUT2D eigenvalue weighted by molar-refractivity contribution is -0.117. The van der Waals surface area contributed by atoms with Crippen LogP contribution in [0.3, 0.4) is 0 Å². The number of hydrogen-bond donors (Lipinski definition) is 1. The van der Waals surface area contributed by atoms with Crippen LogP contribution in [-0.2, 0) is 11.3 Å². The van der Waals surface area contributed by atoms with Gasteiger partial charge in [0.15, 0.2) is 0 Å². The molecule has 0 spiro atoms. The highest BCUT2D eigenvalue weighted by Crippen LogP contribution is 2.20. The van der Waals surface area contributed by atoms with Crippen molar-refractivity contribution in [3.05, 3.63) is 48.5 Å². The quantitative estimate of drug-likeness (QED) is 0.685. The van der Waals surface area contributed by atoms with Gasteiger partial charge in [-0.25, -0.2) is 0 Å². The van der Waals surface area contributed by atoms with Crippen molar-refractivity contribution in [2.24, 2.45) is 0 Å². The van der Waals surface area contributed by atoms with E-state index in [0.717, 1.165) is 16.1 Å². The normalized spacial score (nSPS) is 10.5. The summed E-state index contributed by atoms with van der Waals surface area (Å²) in [6, 6.07) is 15.0. The second kappa shape index (κ2) is 7.80. The minimum Gasteiger partial charge on any atom is -0.497 e. The Labute approximate surface area is 149 Å². The monoisotopic (exact) mass is 355 g/mol. The number of nitrogens with zero attached hydrogens (tertiary/aromatic N) is 4. The van der Waals surface area contributed by atoms with E-state index in [4.69, 9.17) is 4.74 Å². The van der Waals surface area contributed by atoms with Gasteiger partial charge in [-0.1, -0.05) is 18.2 Å². The summed E-state index contributed by atoms with van der Waals surface area (Å²) in [5, 5.41) is 15.0. The molecule has 1 aromatic heterocycles. The Morgan fingerprint density at radius 2 is 2.08 bits per heavy atom. The minimum absolute atomic E-state index is 0.0134. The van der Waals surface area contributed by atoms with E-state index in [0.29, 0.717) is 11.6 Å². The van der Waals surface area contributed by atoms with E-state index in [2.05, 4.69) is 20.7 Å². The SMILES string of the molecule is COc1cccc(-c2nnn(CC(=O)Nc3cccc(SC)c3)n2)c1. The van der Waals surface area contributed by atoms with Gasteiger partial charge in [-0.3, -0.25) is 4.79 Å². The molecule has 1 N–H and O–H groups in total. The zero-order valence-electron chi connectivity index (χ0n) is 13.8. The largest absolute Gasteiger partial charge is 0.497 e. The van der Waals surface area contributed by atoms with Gasteiger partial charge in [0, 0.05) is 16.1 Å². The van der Waals surface area contributed by atoms with E-state index in [9.17, 15) is 4.79 Å². The molecule has 128 valence electrons. The fraction of sp³-hybridized carbons (Fsp3) is 0.176. The molecular weight excluding hydrogens is 338 g/mol. The maximum atomic E-state index is 12.2. The molecule has 3 rings (SSSR count). The van der Waals surface area contributed by atoms with E-state index in [1.807, 2.05) is 54.8 Å². The number of aromatic nitrogens is 4. The van der Waals surface area contributed by atoms with Gasteiger partial charge in [0.2, 0.25) is 11.7 Å². The number of thioether (sulfide) groups is 1. The minimum atomic E-state index is -0.215. The predicted octanol–water partition coefficient (Wildman–Crippen LogP) is 2.71. The number of benzene rings is 2. The fourth-order valence-electron chi connectivity index (χ4n) is 2.22. The molecule has 0 atom stereocenters. The van der Waals surface area contributed by atoms with Crippen molar-refractivity contribution in [2.75, 3.05) is 18.7 Å². The Morgan fingerprint density at radius 1 is 1.24 bits per heavy atom. The predicted molar refractivity (Wildman–Crippen MR) is 96.7 cm³/mol. The Hall–Kier alpha value is -2.87. The van der Waals surface area contributed by atoms with Crippen LogP contribution in [-0.4, -0.2) is 39.5 Å². The van der Waals surface area contributed by atoms with Gasteiger partial charge in [0.1, 0.15) is 12.3 Å². The van der Waals surface area contributed by atoms with Crippen LogP contribution in [0, 0.1) is 0 Å². The van der Waals surface area contributed by atoms with E-state index in [1.165, 1.54) is 4.80 Å². The van der Waals surface area contributed by atoms with Crippen LogP contribution in [0.15, 0.2) is 53.4 Å². The van der Waals surface area contributed by atoms with Crippen LogP contribution in [0.5, 0.6) is 5.75 Å². The molecule has 25 heavy (non-hydrogen) atoms. The molecule has 0 unspecified atom stereocenters. The average molecular weight is 355 g/mol. The summed E-state index contributed by atoms with van der Waals surface area (Å²) >= 11 is 1.62. The lowest BCUT2D eigenvalue weighted by Gasteiger charge is -2.05. The third-order valence-corrected chi connectivity index (χ3v) is 4.14. The topological polar surface area (TPSA) is 81.9 Å². The number of amides is 1. The maximum absolute atomic E-state index is 12.2. The molecule has 8 heteroatoms. The van der Waals surface area contributed by atoms with E-state index < -0.39 is 0 Å². The van der Waals surface area contributed by atoms with Crippen molar-refractivity contribution in [1.29, 1.82) is 0 Å². The number of carbonyl (C=O) groups excluding carboxylic acids is 1. The summed E-state index contributed by atoms with van der Waals surface area (Å²) in [6.07, 6.45) is 1.99. The molecule has 1 amide bonds. The summed E-state index contributed by atoms with van der Waals surface area (Å²) in [6.45, 7) is -0.0134. The van der Waals surface area contributed by atoms with E-state index >= 15 is 0 Å². The number of tetrazole rings is 1. The van der Waals surface area contributed by atoms with Crippen LogP contribution in [0.25, 0.3) is 11.4 Å². The number of rotatable bonds is 6. The number of hydrogen-bond acceptors (Lipinski definition) is 6. The molecule has 0 radical (unpaired) electrons. The fourth-order valence-corrected chi connectivity index (χ4v) is 2.68. The van der Waals surface area contributed by atoms with Crippen molar-refractivity contribution < 1.29 is 9.53 Å². The van der Waals surface area contributed by atoms with Gasteiger partial charge < -0.3 is 10.1 Å². The van der Waals surface area contributed by atoms with Gasteiger partial charge in [-0.05, 0) is 41.8 Å². The zero-order chi connectivity index (χ0) is 17.6. The molecule has 0 fully saturated rings. The van der Waals surface area contributed by atoms with Crippen molar-refractivity contribution in [1.82, 2.24) is 20.2 Å². The van der Waals surface area contributed by atoms with Crippen LogP contribution >= 0.6 is 11.8 Å². The first-order chi connectivity index (χ1) is 12.2. The molecule has 0 aliphatic heterocycles. The summed E-state index contributed by atoms with van der Waals surface area (Å²) in [5.74, 6) is 0.934. The van der Waals surface area contributed by atoms with Crippen molar-refractivity contribution in [3.63, 3.8) is 0 Å². The third-order valence-electron chi connectivity index (χ3n) is 3.42. The Kier molecular flexibility index (Phi) is 5.30. The smallest absolute Gasteiger partial charge is 0.248 e. The van der Waals surface area contributed by atoms with Crippen LogP contribution in [0.1, 0.15) is 0 Å². The zero-order valence-corrected chi connectivity index (χ0v) is 14.7. The van der Waals surface area contributed by atoms with Crippen LogP contribution in [0.2, 0.25) is 0 Å². The van der Waals surface area contributed by atoms with Crippen LogP contribution in [0.4, 0.5) is 5.69 Å². The summed E-state index contributed by atoms with van der Waals surface area (Å²) in [4.78, 5) is 14.5. The number of ether oxygens (including phenoxy) is 1. The first-order valence-electron chi connectivity index (χ1n) is 7.54. The summed E-state index contributed by atoms with van der Waals surface area (Å²) < 4.78 is 5.18. The van der Waals surface area contributed by atoms with Crippen molar-refractivity contribution in [2.45, 2.75) is 11.4 Å². The molecule has 0 aliphatic rings. The van der Waals surface area contributed by atoms with E-state index in [1.54, 1.807) is 18.9 Å². The first kappa shape index (κ1) is 17.0. The molecule has 0 aliphatic carbocycles. The molecule has 0 saturated carbocycles. The molecule has 7 nitrogen and oxygen atoms in total. The third kappa shape index (κ3) is 4.36. The Balaban J connectivity index is 1.67. The number of carbonyl (C=O) groups is 1. The lowest BCUT2D eigenvalue weighted by atomic mass is 10.2. The molecule has 3 aromatic rings. The summed E-state index contributed by atoms with van der Waals surface area (Å²) in [7, 11) is 1.60. The van der Waals surface area contributed by atoms with Crippen molar-refractivity contribution in [3.8, 4) is 17.1 Å². The van der Waals surface area contributed by atoms with Crippen molar-refractivity contribution >= 4 is 23.4 Å².